The van der Waals surface area contributed by atoms with Gasteiger partial charge in [0.2, 0.25) is 0 Å². The molecule has 1 aromatic heterocycles. The fourth-order valence-corrected chi connectivity index (χ4v) is 2.24. The molecule has 1 saturated carbocycles. The summed E-state index contributed by atoms with van der Waals surface area (Å²) in [5.74, 6) is 1.38. The van der Waals surface area contributed by atoms with Gasteiger partial charge in [-0.15, -0.1) is 0 Å². The first kappa shape index (κ1) is 9.59. The maximum atomic E-state index is 5.66. The van der Waals surface area contributed by atoms with Gasteiger partial charge in [0.15, 0.2) is 0 Å². The third-order valence-electron chi connectivity index (χ3n) is 3.20. The summed E-state index contributed by atoms with van der Waals surface area (Å²) >= 11 is 0. The van der Waals surface area contributed by atoms with Gasteiger partial charge in [-0.3, -0.25) is 0 Å². The van der Waals surface area contributed by atoms with E-state index in [1.54, 1.807) is 6.33 Å². The first-order valence-electron chi connectivity index (χ1n) is 5.36. The molecule has 0 aliphatic heterocycles. The Morgan fingerprint density at radius 2 is 2.07 bits per heavy atom. The van der Waals surface area contributed by atoms with Gasteiger partial charge in [-0.1, -0.05) is 0 Å². The van der Waals surface area contributed by atoms with Gasteiger partial charge >= 0.3 is 0 Å². The van der Waals surface area contributed by atoms with Crippen LogP contribution in [0.2, 0.25) is 0 Å². The monoisotopic (exact) mass is 191 g/mol. The smallest absolute Gasteiger partial charge is 0.115 e. The molecule has 76 valence electrons. The Kier molecular flexibility index (Phi) is 3.09. The molecule has 0 bridgehead atoms. The Balaban J connectivity index is 1.96. The lowest BCUT2D eigenvalue weighted by atomic mass is 9.80. The normalized spacial score (nSPS) is 27.5. The lowest BCUT2D eigenvalue weighted by Crippen LogP contribution is -2.20. The third kappa shape index (κ3) is 2.10. The minimum atomic E-state index is 0.640. The number of nitrogens with zero attached hydrogens (tertiary/aromatic N) is 2. The molecule has 14 heavy (non-hydrogen) atoms. The van der Waals surface area contributed by atoms with Crippen LogP contribution < -0.4 is 5.73 Å². The summed E-state index contributed by atoms with van der Waals surface area (Å²) in [5, 5.41) is 0. The van der Waals surface area contributed by atoms with Crippen LogP contribution in [0.3, 0.4) is 0 Å². The van der Waals surface area contributed by atoms with Crippen LogP contribution in [0.15, 0.2) is 18.6 Å². The van der Waals surface area contributed by atoms with Gasteiger partial charge in [0.05, 0.1) is 0 Å². The summed E-state index contributed by atoms with van der Waals surface area (Å²) in [5.41, 5.74) is 6.87. The number of aromatic nitrogens is 2. The SMILES string of the molecule is NCC1CCC(c2ccncn2)CC1. The molecule has 2 rings (SSSR count). The molecule has 1 heterocycles. The lowest BCUT2D eigenvalue weighted by molar-refractivity contribution is 0.329. The van der Waals surface area contributed by atoms with Gasteiger partial charge in [-0.05, 0) is 44.2 Å². The first-order chi connectivity index (χ1) is 6.90. The molecule has 3 heteroatoms. The van der Waals surface area contributed by atoms with E-state index in [0.29, 0.717) is 5.92 Å². The highest BCUT2D eigenvalue weighted by molar-refractivity contribution is 5.06. The summed E-state index contributed by atoms with van der Waals surface area (Å²) in [6.45, 7) is 0.844. The van der Waals surface area contributed by atoms with E-state index in [4.69, 9.17) is 5.73 Å². The predicted octanol–water partition coefficient (Wildman–Crippen LogP) is 1.71. The average Bonchev–Trinajstić information content (AvgIpc) is 2.30. The Morgan fingerprint density at radius 3 is 2.64 bits per heavy atom. The summed E-state index contributed by atoms with van der Waals surface area (Å²) in [4.78, 5) is 8.25. The molecule has 2 N–H and O–H groups in total. The van der Waals surface area contributed by atoms with E-state index in [1.807, 2.05) is 12.3 Å². The summed E-state index contributed by atoms with van der Waals surface area (Å²) in [7, 11) is 0. The Hall–Kier alpha value is -0.960. The van der Waals surface area contributed by atoms with Gasteiger partial charge in [0, 0.05) is 17.8 Å². The second kappa shape index (κ2) is 4.51. The van der Waals surface area contributed by atoms with Crippen LogP contribution in [0.1, 0.15) is 37.3 Å². The molecule has 0 aromatic carbocycles. The highest BCUT2D eigenvalue weighted by Crippen LogP contribution is 2.33. The molecule has 0 radical (unpaired) electrons. The molecule has 0 unspecified atom stereocenters. The van der Waals surface area contributed by atoms with Crippen molar-refractivity contribution >= 4 is 0 Å². The van der Waals surface area contributed by atoms with E-state index in [2.05, 4.69) is 9.97 Å². The number of hydrogen-bond acceptors (Lipinski definition) is 3. The highest BCUT2D eigenvalue weighted by Gasteiger charge is 2.21. The van der Waals surface area contributed by atoms with Crippen LogP contribution in [-0.2, 0) is 0 Å². The van der Waals surface area contributed by atoms with Gasteiger partial charge in [-0.25, -0.2) is 9.97 Å². The van der Waals surface area contributed by atoms with E-state index in [9.17, 15) is 0 Å². The second-order valence-electron chi connectivity index (χ2n) is 4.09. The standard InChI is InChI=1S/C11H17N3/c12-7-9-1-3-10(4-2-9)11-5-6-13-8-14-11/h5-6,8-10H,1-4,7,12H2. The van der Waals surface area contributed by atoms with Gasteiger partial charge in [-0.2, -0.15) is 0 Å². The molecule has 0 spiro atoms. The molecule has 0 atom stereocenters. The minimum absolute atomic E-state index is 0.640. The first-order valence-corrected chi connectivity index (χ1v) is 5.36. The van der Waals surface area contributed by atoms with Crippen molar-refractivity contribution in [3.8, 4) is 0 Å². The Morgan fingerprint density at radius 1 is 1.29 bits per heavy atom. The average molecular weight is 191 g/mol. The van der Waals surface area contributed by atoms with Crippen LogP contribution >= 0.6 is 0 Å². The summed E-state index contributed by atoms with van der Waals surface area (Å²) in [6.07, 6.45) is 8.45. The number of hydrogen-bond donors (Lipinski definition) is 1. The molecule has 1 aromatic rings. The second-order valence-corrected chi connectivity index (χ2v) is 4.09. The minimum Gasteiger partial charge on any atom is -0.330 e. The van der Waals surface area contributed by atoms with Crippen molar-refractivity contribution in [3.63, 3.8) is 0 Å². The van der Waals surface area contributed by atoms with E-state index in [1.165, 1.54) is 31.4 Å². The molecular formula is C11H17N3. The van der Waals surface area contributed by atoms with Crippen LogP contribution in [0.4, 0.5) is 0 Å². The van der Waals surface area contributed by atoms with Crippen molar-refractivity contribution in [2.75, 3.05) is 6.54 Å². The molecule has 1 aliphatic rings. The van der Waals surface area contributed by atoms with Crippen molar-refractivity contribution in [1.29, 1.82) is 0 Å². The molecule has 1 fully saturated rings. The zero-order valence-electron chi connectivity index (χ0n) is 8.39. The highest BCUT2D eigenvalue weighted by atomic mass is 14.8. The molecule has 3 nitrogen and oxygen atoms in total. The van der Waals surface area contributed by atoms with Crippen molar-refractivity contribution in [2.24, 2.45) is 11.7 Å². The topological polar surface area (TPSA) is 51.8 Å². The number of nitrogens with two attached hydrogens (primary N) is 1. The Bertz CT molecular complexity index is 265. The summed E-state index contributed by atoms with van der Waals surface area (Å²) < 4.78 is 0. The van der Waals surface area contributed by atoms with Crippen molar-refractivity contribution in [1.82, 2.24) is 9.97 Å². The van der Waals surface area contributed by atoms with Crippen LogP contribution in [0, 0.1) is 5.92 Å². The van der Waals surface area contributed by atoms with E-state index >= 15 is 0 Å². The predicted molar refractivity (Wildman–Crippen MR) is 55.8 cm³/mol. The van der Waals surface area contributed by atoms with Crippen molar-refractivity contribution < 1.29 is 0 Å². The molecule has 0 amide bonds. The van der Waals surface area contributed by atoms with Gasteiger partial charge in [0.1, 0.15) is 6.33 Å². The fraction of sp³-hybridized carbons (Fsp3) is 0.636. The van der Waals surface area contributed by atoms with Crippen molar-refractivity contribution in [3.05, 3.63) is 24.3 Å². The molecule has 0 saturated heterocycles. The molecular weight excluding hydrogens is 174 g/mol. The zero-order valence-corrected chi connectivity index (χ0v) is 8.39. The molecule has 1 aliphatic carbocycles. The van der Waals surface area contributed by atoms with Crippen LogP contribution in [-0.4, -0.2) is 16.5 Å². The Labute approximate surface area is 84.8 Å². The van der Waals surface area contributed by atoms with E-state index < -0.39 is 0 Å². The number of rotatable bonds is 2. The van der Waals surface area contributed by atoms with Crippen LogP contribution in [0.25, 0.3) is 0 Å². The maximum absolute atomic E-state index is 5.66. The van der Waals surface area contributed by atoms with Gasteiger partial charge in [0.25, 0.3) is 0 Å². The summed E-state index contributed by atoms with van der Waals surface area (Å²) in [6, 6.07) is 2.04. The quantitative estimate of drug-likeness (QED) is 0.774. The lowest BCUT2D eigenvalue weighted by Gasteiger charge is -2.26. The fourth-order valence-electron chi connectivity index (χ4n) is 2.24. The van der Waals surface area contributed by atoms with E-state index in [-0.39, 0.29) is 0 Å². The van der Waals surface area contributed by atoms with Crippen molar-refractivity contribution in [2.45, 2.75) is 31.6 Å². The largest absolute Gasteiger partial charge is 0.330 e. The van der Waals surface area contributed by atoms with E-state index in [0.717, 1.165) is 12.5 Å². The maximum Gasteiger partial charge on any atom is 0.115 e. The zero-order chi connectivity index (χ0) is 9.80. The van der Waals surface area contributed by atoms with Gasteiger partial charge < -0.3 is 5.73 Å². The third-order valence-corrected chi connectivity index (χ3v) is 3.20. The van der Waals surface area contributed by atoms with Crippen LogP contribution in [0.5, 0.6) is 0 Å².